The fraction of sp³-hybridized carbons (Fsp3) is 0.552. The smallest absolute Gasteiger partial charge is 0.311 e. The Bertz CT molecular complexity index is 1140. The standard InChI is InChI=1S/C29H35ClN2O5S/c1-28-14-5-4-8-19-37-27(36)23(28)22-25(34)32(16-6-2-3-7-18-33)24-26(35)31(17-9-15-29(22,24)38-28)21-12-10-20(30)11-13-21/h5,9-15,22-24,33H,2-4,6-8,16-19H2,1H3/b14-5-/t22-,23-,24?,28+,29-/m0/s1. The average molecular weight is 559 g/mol. The van der Waals surface area contributed by atoms with Crippen molar-refractivity contribution < 1.29 is 24.2 Å². The molecule has 2 amide bonds. The number of carbonyl (C=O) groups excluding carboxylic acids is 3. The van der Waals surface area contributed by atoms with Crippen molar-refractivity contribution in [1.29, 1.82) is 0 Å². The van der Waals surface area contributed by atoms with E-state index in [9.17, 15) is 14.4 Å². The highest BCUT2D eigenvalue weighted by atomic mass is 35.5. The zero-order valence-electron chi connectivity index (χ0n) is 21.7. The first-order chi connectivity index (χ1) is 18.3. The highest BCUT2D eigenvalue weighted by molar-refractivity contribution is 8.02. The third kappa shape index (κ3) is 4.69. The normalized spacial score (nSPS) is 33.6. The lowest BCUT2D eigenvalue weighted by atomic mass is 9.74. The van der Waals surface area contributed by atoms with Crippen LogP contribution in [0.15, 0.2) is 48.6 Å². The maximum atomic E-state index is 14.4. The van der Waals surface area contributed by atoms with Crippen molar-refractivity contribution in [2.24, 2.45) is 11.8 Å². The van der Waals surface area contributed by atoms with E-state index in [0.717, 1.165) is 37.8 Å². The topological polar surface area (TPSA) is 87.1 Å². The minimum Gasteiger partial charge on any atom is -0.465 e. The number of carbonyl (C=O) groups is 3. The summed E-state index contributed by atoms with van der Waals surface area (Å²) >= 11 is 7.68. The van der Waals surface area contributed by atoms with Crippen LogP contribution in [0.3, 0.4) is 0 Å². The Morgan fingerprint density at radius 3 is 2.55 bits per heavy atom. The molecule has 0 radical (unpaired) electrons. The van der Waals surface area contributed by atoms with Gasteiger partial charge in [-0.1, -0.05) is 48.7 Å². The maximum Gasteiger partial charge on any atom is 0.311 e. The van der Waals surface area contributed by atoms with Crippen LogP contribution >= 0.6 is 23.4 Å². The number of likely N-dealkylation sites (tertiary alicyclic amines) is 1. The lowest BCUT2D eigenvalue weighted by Crippen LogP contribution is -2.53. The molecule has 1 N–H and O–H groups in total. The van der Waals surface area contributed by atoms with E-state index in [1.165, 1.54) is 0 Å². The van der Waals surface area contributed by atoms with Gasteiger partial charge < -0.3 is 19.6 Å². The van der Waals surface area contributed by atoms with Crippen molar-refractivity contribution in [1.82, 2.24) is 4.90 Å². The molecule has 0 aliphatic carbocycles. The van der Waals surface area contributed by atoms with Crippen LogP contribution in [0.4, 0.5) is 5.69 Å². The highest BCUT2D eigenvalue weighted by Gasteiger charge is 2.73. The molecule has 4 aliphatic rings. The largest absolute Gasteiger partial charge is 0.465 e. The number of halogens is 1. The number of hydrogen-bond donors (Lipinski definition) is 1. The molecule has 9 heteroatoms. The number of allylic oxidation sites excluding steroid dienone is 1. The van der Waals surface area contributed by atoms with Gasteiger partial charge in [0.05, 0.1) is 23.2 Å². The minimum absolute atomic E-state index is 0.141. The lowest BCUT2D eigenvalue weighted by molar-refractivity contribution is -0.154. The molecule has 0 saturated carbocycles. The Kier molecular flexibility index (Phi) is 7.94. The van der Waals surface area contributed by atoms with E-state index in [-0.39, 0.29) is 24.4 Å². The molecule has 2 fully saturated rings. The van der Waals surface area contributed by atoms with Gasteiger partial charge in [0.25, 0.3) is 5.91 Å². The van der Waals surface area contributed by atoms with Crippen molar-refractivity contribution in [3.8, 4) is 0 Å². The SMILES string of the molecule is C[C@@]12/C=C\CCCOC(=O)[C@@H]1[C@H]1C(=O)N(CCCCCCO)C3C(=O)N(c4ccc(Cl)cc4)CC=C[C@@]31S2. The molecular weight excluding hydrogens is 524 g/mol. The van der Waals surface area contributed by atoms with Gasteiger partial charge in [-0.2, -0.15) is 0 Å². The molecule has 204 valence electrons. The molecule has 1 spiro atoms. The number of thioether (sulfide) groups is 1. The fourth-order valence-corrected chi connectivity index (χ4v) is 8.75. The van der Waals surface area contributed by atoms with Crippen molar-refractivity contribution in [3.05, 3.63) is 53.6 Å². The first-order valence-corrected chi connectivity index (χ1v) is 14.7. The fourth-order valence-electron chi connectivity index (χ4n) is 6.47. The van der Waals surface area contributed by atoms with E-state index < -0.39 is 27.4 Å². The zero-order valence-corrected chi connectivity index (χ0v) is 23.3. The van der Waals surface area contributed by atoms with Gasteiger partial charge in [0.1, 0.15) is 6.04 Å². The van der Waals surface area contributed by atoms with E-state index in [1.54, 1.807) is 33.7 Å². The van der Waals surface area contributed by atoms with Crippen LogP contribution in [-0.4, -0.2) is 69.6 Å². The number of fused-ring (bicyclic) bond motifs is 2. The summed E-state index contributed by atoms with van der Waals surface area (Å²) in [4.78, 5) is 45.6. The second-order valence-electron chi connectivity index (χ2n) is 10.7. The average Bonchev–Trinajstić information content (AvgIpc) is 3.24. The minimum atomic E-state index is -0.886. The highest BCUT2D eigenvalue weighted by Crippen LogP contribution is 2.65. The summed E-state index contributed by atoms with van der Waals surface area (Å²) in [7, 11) is 0. The van der Waals surface area contributed by atoms with Crippen LogP contribution in [0.25, 0.3) is 0 Å². The number of rotatable bonds is 7. The van der Waals surface area contributed by atoms with Gasteiger partial charge in [-0.05, 0) is 56.9 Å². The van der Waals surface area contributed by atoms with Crippen molar-refractivity contribution >= 4 is 46.8 Å². The predicted octanol–water partition coefficient (Wildman–Crippen LogP) is 4.38. The molecule has 1 aromatic carbocycles. The van der Waals surface area contributed by atoms with E-state index in [1.807, 2.05) is 31.2 Å². The number of hydrogen-bond acceptors (Lipinski definition) is 6. The number of esters is 1. The summed E-state index contributed by atoms with van der Waals surface area (Å²) in [6.45, 7) is 3.26. The van der Waals surface area contributed by atoms with E-state index >= 15 is 0 Å². The van der Waals surface area contributed by atoms with Crippen molar-refractivity contribution in [2.75, 3.05) is 31.2 Å². The number of benzene rings is 1. The summed E-state index contributed by atoms with van der Waals surface area (Å²) < 4.78 is 4.12. The van der Waals surface area contributed by atoms with Gasteiger partial charge in [-0.25, -0.2) is 0 Å². The Labute approximate surface area is 233 Å². The summed E-state index contributed by atoms with van der Waals surface area (Å²) in [6.07, 6.45) is 12.8. The van der Waals surface area contributed by atoms with Gasteiger partial charge in [0.15, 0.2) is 0 Å². The van der Waals surface area contributed by atoms with Crippen molar-refractivity contribution in [3.63, 3.8) is 0 Å². The number of aliphatic hydroxyl groups is 1. The second kappa shape index (κ2) is 11.1. The summed E-state index contributed by atoms with van der Waals surface area (Å²) in [5.74, 6) is -2.04. The summed E-state index contributed by atoms with van der Waals surface area (Å²) in [5, 5.41) is 9.73. The van der Waals surface area contributed by atoms with Gasteiger partial charge in [0.2, 0.25) is 5.91 Å². The van der Waals surface area contributed by atoms with Crippen LogP contribution in [0.5, 0.6) is 0 Å². The Hall–Kier alpha value is -2.29. The molecule has 38 heavy (non-hydrogen) atoms. The third-order valence-corrected chi connectivity index (χ3v) is 10.2. The van der Waals surface area contributed by atoms with E-state index in [0.29, 0.717) is 31.1 Å². The molecule has 2 saturated heterocycles. The van der Waals surface area contributed by atoms with Gasteiger partial charge >= 0.3 is 5.97 Å². The first-order valence-electron chi connectivity index (χ1n) is 13.5. The van der Waals surface area contributed by atoms with Crippen molar-refractivity contribution in [2.45, 2.75) is 61.0 Å². The Morgan fingerprint density at radius 1 is 1.03 bits per heavy atom. The molecular formula is C29H35ClN2O5S. The Balaban J connectivity index is 1.56. The second-order valence-corrected chi connectivity index (χ2v) is 12.9. The van der Waals surface area contributed by atoms with Crippen LogP contribution in [0.1, 0.15) is 45.4 Å². The number of anilines is 1. The number of unbranched alkanes of at least 4 members (excludes halogenated alkanes) is 3. The van der Waals surface area contributed by atoms with Crippen LogP contribution < -0.4 is 4.90 Å². The Morgan fingerprint density at radius 2 is 1.79 bits per heavy atom. The van der Waals surface area contributed by atoms with Gasteiger partial charge in [-0.15, -0.1) is 11.8 Å². The molecule has 4 aliphatic heterocycles. The molecule has 7 nitrogen and oxygen atoms in total. The molecule has 5 rings (SSSR count). The number of ether oxygens (including phenoxy) is 1. The van der Waals surface area contributed by atoms with Crippen LogP contribution in [-0.2, 0) is 19.1 Å². The van der Waals surface area contributed by atoms with Gasteiger partial charge in [-0.3, -0.25) is 14.4 Å². The number of amides is 2. The molecule has 5 atom stereocenters. The van der Waals surface area contributed by atoms with Crippen LogP contribution in [0.2, 0.25) is 5.02 Å². The third-order valence-electron chi connectivity index (χ3n) is 8.20. The molecule has 0 aromatic heterocycles. The molecule has 1 unspecified atom stereocenters. The monoisotopic (exact) mass is 558 g/mol. The zero-order chi connectivity index (χ0) is 26.9. The predicted molar refractivity (Wildman–Crippen MR) is 149 cm³/mol. The maximum absolute atomic E-state index is 14.4. The van der Waals surface area contributed by atoms with E-state index in [4.69, 9.17) is 21.4 Å². The molecule has 0 bridgehead atoms. The van der Waals surface area contributed by atoms with Gasteiger partial charge in [0, 0.05) is 35.2 Å². The summed E-state index contributed by atoms with van der Waals surface area (Å²) in [6, 6.07) is 6.41. The summed E-state index contributed by atoms with van der Waals surface area (Å²) in [5.41, 5.74) is 0.718. The molecule has 4 heterocycles. The van der Waals surface area contributed by atoms with E-state index in [2.05, 4.69) is 12.2 Å². The number of nitrogens with zero attached hydrogens (tertiary/aromatic N) is 2. The lowest BCUT2D eigenvalue weighted by Gasteiger charge is -2.37. The number of cyclic esters (lactones) is 1. The van der Waals surface area contributed by atoms with Crippen LogP contribution in [0, 0.1) is 11.8 Å². The first kappa shape index (κ1) is 27.3. The molecule has 1 aromatic rings. The quantitative estimate of drug-likeness (QED) is 0.304. The number of aliphatic hydroxyl groups excluding tert-OH is 1.